The number of nitrogens with zero attached hydrogens (tertiary/aromatic N) is 3. The molecule has 2 heterocycles. The number of benzene rings is 1. The zero-order valence-electron chi connectivity index (χ0n) is 14.6. The molecule has 1 aliphatic rings. The highest BCUT2D eigenvalue weighted by atomic mass is 35.5. The van der Waals surface area contributed by atoms with Crippen LogP contribution < -0.4 is 10.0 Å². The van der Waals surface area contributed by atoms with E-state index < -0.39 is 28.2 Å². The number of aryl methyl sites for hydroxylation is 2. The van der Waals surface area contributed by atoms with Crippen molar-refractivity contribution in [2.45, 2.75) is 25.4 Å². The van der Waals surface area contributed by atoms with Crippen molar-refractivity contribution < 1.29 is 13.2 Å². The van der Waals surface area contributed by atoms with E-state index in [9.17, 15) is 13.2 Å². The summed E-state index contributed by atoms with van der Waals surface area (Å²) in [6.45, 7) is 1.81. The van der Waals surface area contributed by atoms with Crippen molar-refractivity contribution in [1.29, 1.82) is 0 Å². The molecular formula is C16H20ClN5O3S. The average molecular weight is 398 g/mol. The van der Waals surface area contributed by atoms with Gasteiger partial charge in [0.1, 0.15) is 6.04 Å². The molecule has 1 aromatic heterocycles. The summed E-state index contributed by atoms with van der Waals surface area (Å²) in [6, 6.07) is 5.27. The standard InChI is InChI=1S/C16H20ClN5O3S/c1-10-13(9-21(2)19-10)14-8-15(22(3)26(24,25)20-14)16(23)18-12-6-4-11(17)5-7-12/h4-7,9,14-15,20H,8H2,1-3H3,(H,18,23)/t14-,15-/m0/s1. The predicted molar refractivity (Wildman–Crippen MR) is 99.0 cm³/mol. The number of halogens is 1. The van der Waals surface area contributed by atoms with E-state index in [-0.39, 0.29) is 0 Å². The predicted octanol–water partition coefficient (Wildman–Crippen LogP) is 1.60. The molecule has 140 valence electrons. The molecule has 8 nitrogen and oxygen atoms in total. The van der Waals surface area contributed by atoms with E-state index in [4.69, 9.17) is 11.6 Å². The summed E-state index contributed by atoms with van der Waals surface area (Å²) >= 11 is 5.84. The van der Waals surface area contributed by atoms with Crippen LogP contribution in [0.5, 0.6) is 0 Å². The fourth-order valence-corrected chi connectivity index (χ4v) is 4.42. The molecule has 0 bridgehead atoms. The molecule has 1 aliphatic heterocycles. The van der Waals surface area contributed by atoms with Crippen LogP contribution >= 0.6 is 11.6 Å². The number of likely N-dealkylation sites (N-methyl/N-ethyl adjacent to an activating group) is 1. The van der Waals surface area contributed by atoms with Crippen molar-refractivity contribution in [3.8, 4) is 0 Å². The van der Waals surface area contributed by atoms with Gasteiger partial charge in [0.25, 0.3) is 10.2 Å². The maximum Gasteiger partial charge on any atom is 0.280 e. The molecule has 10 heteroatoms. The van der Waals surface area contributed by atoms with Gasteiger partial charge in [0.2, 0.25) is 5.91 Å². The smallest absolute Gasteiger partial charge is 0.280 e. The molecule has 3 rings (SSSR count). The SMILES string of the molecule is Cc1nn(C)cc1[C@@H]1C[C@@H](C(=O)Nc2ccc(Cl)cc2)N(C)S(=O)(=O)N1. The average Bonchev–Trinajstić information content (AvgIpc) is 2.90. The molecule has 2 N–H and O–H groups in total. The van der Waals surface area contributed by atoms with Crippen LogP contribution in [0.2, 0.25) is 5.02 Å². The lowest BCUT2D eigenvalue weighted by molar-refractivity contribution is -0.120. The van der Waals surface area contributed by atoms with Crippen LogP contribution in [0.4, 0.5) is 5.69 Å². The molecule has 2 atom stereocenters. The summed E-state index contributed by atoms with van der Waals surface area (Å²) in [5, 5.41) is 7.55. The van der Waals surface area contributed by atoms with Gasteiger partial charge in [0.15, 0.2) is 0 Å². The number of aromatic nitrogens is 2. The summed E-state index contributed by atoms with van der Waals surface area (Å²) < 4.78 is 30.3. The van der Waals surface area contributed by atoms with Gasteiger partial charge >= 0.3 is 0 Å². The fourth-order valence-electron chi connectivity index (χ4n) is 3.03. The maximum absolute atomic E-state index is 12.7. The Morgan fingerprint density at radius 2 is 1.96 bits per heavy atom. The lowest BCUT2D eigenvalue weighted by Gasteiger charge is -2.36. The molecule has 1 amide bonds. The van der Waals surface area contributed by atoms with Gasteiger partial charge in [-0.15, -0.1) is 0 Å². The first kappa shape index (κ1) is 18.8. The molecule has 0 spiro atoms. The van der Waals surface area contributed by atoms with Crippen molar-refractivity contribution in [3.63, 3.8) is 0 Å². The van der Waals surface area contributed by atoms with E-state index in [1.807, 2.05) is 6.92 Å². The Balaban J connectivity index is 1.85. The molecule has 26 heavy (non-hydrogen) atoms. The first-order valence-electron chi connectivity index (χ1n) is 7.99. The van der Waals surface area contributed by atoms with Crippen LogP contribution in [0.25, 0.3) is 0 Å². The fraction of sp³-hybridized carbons (Fsp3) is 0.375. The van der Waals surface area contributed by atoms with Crippen LogP contribution in [0, 0.1) is 6.92 Å². The Morgan fingerprint density at radius 1 is 1.31 bits per heavy atom. The lowest BCUT2D eigenvalue weighted by atomic mass is 10.00. The number of hydrogen-bond acceptors (Lipinski definition) is 4. The highest BCUT2D eigenvalue weighted by Crippen LogP contribution is 2.29. The minimum atomic E-state index is -3.80. The minimum Gasteiger partial charge on any atom is -0.325 e. The third-order valence-corrected chi connectivity index (χ3v) is 6.26. The first-order chi connectivity index (χ1) is 12.2. The number of carbonyl (C=O) groups is 1. The van der Waals surface area contributed by atoms with Gasteiger partial charge < -0.3 is 5.32 Å². The molecule has 0 radical (unpaired) electrons. The van der Waals surface area contributed by atoms with Gasteiger partial charge in [0.05, 0.1) is 11.7 Å². The summed E-state index contributed by atoms with van der Waals surface area (Å²) in [5.74, 6) is -0.397. The Bertz CT molecular complexity index is 926. The van der Waals surface area contributed by atoms with Gasteiger partial charge in [0, 0.05) is 36.6 Å². The first-order valence-corrected chi connectivity index (χ1v) is 9.81. The van der Waals surface area contributed by atoms with Gasteiger partial charge in [-0.25, -0.2) is 0 Å². The third-order valence-electron chi connectivity index (χ3n) is 4.41. The monoisotopic (exact) mass is 397 g/mol. The van der Waals surface area contributed by atoms with Gasteiger partial charge in [-0.1, -0.05) is 11.6 Å². The topological polar surface area (TPSA) is 96.3 Å². The summed E-state index contributed by atoms with van der Waals surface area (Å²) in [7, 11) is -0.637. The zero-order chi connectivity index (χ0) is 19.1. The Morgan fingerprint density at radius 3 is 2.54 bits per heavy atom. The molecule has 2 aromatic rings. The molecule has 1 aromatic carbocycles. The van der Waals surface area contributed by atoms with Crippen molar-refractivity contribution >= 4 is 33.4 Å². The number of anilines is 1. The van der Waals surface area contributed by atoms with Crippen molar-refractivity contribution in [3.05, 3.63) is 46.7 Å². The third kappa shape index (κ3) is 3.75. The van der Waals surface area contributed by atoms with Gasteiger partial charge in [-0.05, 0) is 37.6 Å². The lowest BCUT2D eigenvalue weighted by Crippen LogP contribution is -2.56. The maximum atomic E-state index is 12.7. The number of carbonyl (C=O) groups excluding carboxylic acids is 1. The molecule has 0 unspecified atom stereocenters. The highest BCUT2D eigenvalue weighted by molar-refractivity contribution is 7.87. The van der Waals surface area contributed by atoms with E-state index in [1.54, 1.807) is 42.2 Å². The van der Waals surface area contributed by atoms with E-state index in [0.29, 0.717) is 17.1 Å². The summed E-state index contributed by atoms with van der Waals surface area (Å²) in [5.41, 5.74) is 2.04. The number of nitrogens with one attached hydrogen (secondary N) is 2. The number of rotatable bonds is 3. The molecule has 1 fully saturated rings. The van der Waals surface area contributed by atoms with Crippen molar-refractivity contribution in [1.82, 2.24) is 18.8 Å². The molecule has 0 aliphatic carbocycles. The minimum absolute atomic E-state index is 0.293. The zero-order valence-corrected chi connectivity index (χ0v) is 16.2. The van der Waals surface area contributed by atoms with Crippen LogP contribution in [0.3, 0.4) is 0 Å². The van der Waals surface area contributed by atoms with Crippen molar-refractivity contribution in [2.75, 3.05) is 12.4 Å². The highest BCUT2D eigenvalue weighted by Gasteiger charge is 2.41. The van der Waals surface area contributed by atoms with Crippen LogP contribution in [-0.4, -0.2) is 41.5 Å². The van der Waals surface area contributed by atoms with Crippen LogP contribution in [0.15, 0.2) is 30.5 Å². The molecular weight excluding hydrogens is 378 g/mol. The normalized spacial score (nSPS) is 22.9. The van der Waals surface area contributed by atoms with E-state index in [2.05, 4.69) is 15.1 Å². The van der Waals surface area contributed by atoms with Gasteiger partial charge in [-0.3, -0.25) is 9.48 Å². The number of amides is 1. The van der Waals surface area contributed by atoms with E-state index in [0.717, 1.165) is 15.6 Å². The Labute approximate surface area is 157 Å². The quantitative estimate of drug-likeness (QED) is 0.822. The second-order valence-corrected chi connectivity index (χ2v) is 8.48. The number of hydrogen-bond donors (Lipinski definition) is 2. The second-order valence-electron chi connectivity index (χ2n) is 6.28. The molecule has 0 saturated carbocycles. The van der Waals surface area contributed by atoms with E-state index >= 15 is 0 Å². The summed E-state index contributed by atoms with van der Waals surface area (Å²) in [6.07, 6.45) is 2.06. The largest absolute Gasteiger partial charge is 0.325 e. The Hall–Kier alpha value is -1.94. The van der Waals surface area contributed by atoms with Gasteiger partial charge in [-0.2, -0.15) is 22.5 Å². The van der Waals surface area contributed by atoms with E-state index in [1.165, 1.54) is 7.05 Å². The Kier molecular flexibility index (Phi) is 5.07. The second kappa shape index (κ2) is 6.99. The van der Waals surface area contributed by atoms with Crippen molar-refractivity contribution in [2.24, 2.45) is 7.05 Å². The molecule has 1 saturated heterocycles. The van der Waals surface area contributed by atoms with Crippen LogP contribution in [0.1, 0.15) is 23.7 Å². The summed E-state index contributed by atoms with van der Waals surface area (Å²) in [4.78, 5) is 12.7. The van der Waals surface area contributed by atoms with Crippen LogP contribution in [-0.2, 0) is 22.1 Å².